The van der Waals surface area contributed by atoms with Crippen LogP contribution in [0.2, 0.25) is 0 Å². The summed E-state index contributed by atoms with van der Waals surface area (Å²) in [5.74, 6) is 0.564. The Morgan fingerprint density at radius 2 is 2.50 bits per heavy atom. The Morgan fingerprint density at radius 1 is 1.67 bits per heavy atom. The van der Waals surface area contributed by atoms with Gasteiger partial charge in [-0.3, -0.25) is 9.78 Å². The van der Waals surface area contributed by atoms with Crippen LogP contribution in [0.5, 0.6) is 5.75 Å². The van der Waals surface area contributed by atoms with Crippen molar-refractivity contribution in [3.63, 3.8) is 0 Å². The van der Waals surface area contributed by atoms with Gasteiger partial charge in [0.05, 0.1) is 18.4 Å². The summed E-state index contributed by atoms with van der Waals surface area (Å²) < 4.78 is 5.28. The number of rotatable bonds is 4. The largest absolute Gasteiger partial charge is 0.491 e. The predicted molar refractivity (Wildman–Crippen MR) is 45.4 cm³/mol. The van der Waals surface area contributed by atoms with Crippen LogP contribution in [0.3, 0.4) is 0 Å². The number of nitrogens with zero attached hydrogens (tertiary/aromatic N) is 1. The summed E-state index contributed by atoms with van der Waals surface area (Å²) in [6.45, 7) is 2.63. The highest BCUT2D eigenvalue weighted by atomic mass is 16.5. The van der Waals surface area contributed by atoms with Crippen molar-refractivity contribution in [2.45, 2.75) is 13.3 Å². The predicted octanol–water partition coefficient (Wildman–Crippen LogP) is 1.68. The molecule has 0 radical (unpaired) electrons. The maximum Gasteiger partial charge on any atom is 0.153 e. The minimum Gasteiger partial charge on any atom is -0.491 e. The molecule has 0 fully saturated rings. The first-order valence-corrected chi connectivity index (χ1v) is 3.90. The summed E-state index contributed by atoms with van der Waals surface area (Å²) in [6.07, 6.45) is 4.82. The van der Waals surface area contributed by atoms with Gasteiger partial charge in [0, 0.05) is 6.20 Å². The Labute approximate surface area is 71.4 Å². The molecule has 0 aliphatic rings. The van der Waals surface area contributed by atoms with Crippen molar-refractivity contribution in [3.8, 4) is 5.75 Å². The van der Waals surface area contributed by atoms with Crippen molar-refractivity contribution < 1.29 is 9.53 Å². The zero-order valence-corrected chi connectivity index (χ0v) is 6.99. The van der Waals surface area contributed by atoms with Gasteiger partial charge >= 0.3 is 0 Å². The van der Waals surface area contributed by atoms with Crippen molar-refractivity contribution in [2.75, 3.05) is 6.61 Å². The molecule has 0 spiro atoms. The molecular formula is C9H11NO2. The number of hydrogen-bond donors (Lipinski definition) is 0. The van der Waals surface area contributed by atoms with Crippen molar-refractivity contribution in [2.24, 2.45) is 0 Å². The molecule has 0 aromatic carbocycles. The van der Waals surface area contributed by atoms with Gasteiger partial charge in [0.2, 0.25) is 0 Å². The van der Waals surface area contributed by atoms with E-state index in [4.69, 9.17) is 4.74 Å². The second-order valence-corrected chi connectivity index (χ2v) is 2.38. The topological polar surface area (TPSA) is 39.2 Å². The van der Waals surface area contributed by atoms with Crippen LogP contribution in [0.25, 0.3) is 0 Å². The summed E-state index contributed by atoms with van der Waals surface area (Å²) in [5.41, 5.74) is 0.554. The quantitative estimate of drug-likeness (QED) is 0.637. The van der Waals surface area contributed by atoms with Crippen molar-refractivity contribution in [3.05, 3.63) is 24.0 Å². The van der Waals surface area contributed by atoms with Crippen molar-refractivity contribution >= 4 is 6.29 Å². The fraction of sp³-hybridized carbons (Fsp3) is 0.333. The molecule has 3 nitrogen and oxygen atoms in total. The molecule has 0 saturated heterocycles. The molecule has 1 rings (SSSR count). The van der Waals surface area contributed by atoms with Crippen LogP contribution in [-0.2, 0) is 0 Å². The molecule has 1 aromatic heterocycles. The second kappa shape index (κ2) is 4.49. The first-order chi connectivity index (χ1) is 5.88. The maximum absolute atomic E-state index is 10.5. The monoisotopic (exact) mass is 165 g/mol. The molecule has 64 valence electrons. The number of pyridine rings is 1. The lowest BCUT2D eigenvalue weighted by Gasteiger charge is -2.04. The number of carbonyl (C=O) groups excluding carboxylic acids is 1. The lowest BCUT2D eigenvalue weighted by Crippen LogP contribution is -1.98. The molecule has 0 N–H and O–H groups in total. The minimum absolute atomic E-state index is 0.554. The normalized spacial score (nSPS) is 9.42. The smallest absolute Gasteiger partial charge is 0.153 e. The Bertz CT molecular complexity index is 260. The Hall–Kier alpha value is -1.38. The fourth-order valence-electron chi connectivity index (χ4n) is 0.821. The third kappa shape index (κ3) is 2.05. The van der Waals surface area contributed by atoms with Gasteiger partial charge in [-0.2, -0.15) is 0 Å². The van der Waals surface area contributed by atoms with Gasteiger partial charge in [-0.15, -0.1) is 0 Å². The van der Waals surface area contributed by atoms with Gasteiger partial charge in [0.25, 0.3) is 0 Å². The lowest BCUT2D eigenvalue weighted by atomic mass is 10.3. The van der Waals surface area contributed by atoms with Gasteiger partial charge in [0.15, 0.2) is 6.29 Å². The first kappa shape index (κ1) is 8.71. The van der Waals surface area contributed by atoms with E-state index in [1.807, 2.05) is 6.92 Å². The van der Waals surface area contributed by atoms with Crippen LogP contribution in [0, 0.1) is 0 Å². The van der Waals surface area contributed by atoms with Crippen LogP contribution < -0.4 is 4.74 Å². The molecule has 0 unspecified atom stereocenters. The average Bonchev–Trinajstić information content (AvgIpc) is 2.15. The highest BCUT2D eigenvalue weighted by Gasteiger charge is 2.00. The number of aldehydes is 1. The van der Waals surface area contributed by atoms with Crippen LogP contribution >= 0.6 is 0 Å². The summed E-state index contributed by atoms with van der Waals surface area (Å²) >= 11 is 0. The molecule has 12 heavy (non-hydrogen) atoms. The van der Waals surface area contributed by atoms with Crippen LogP contribution in [-0.4, -0.2) is 17.9 Å². The lowest BCUT2D eigenvalue weighted by molar-refractivity contribution is 0.111. The van der Waals surface area contributed by atoms with Crippen LogP contribution in [0.15, 0.2) is 18.5 Å². The van der Waals surface area contributed by atoms with E-state index in [0.29, 0.717) is 17.9 Å². The Morgan fingerprint density at radius 3 is 3.17 bits per heavy atom. The van der Waals surface area contributed by atoms with Gasteiger partial charge in [0.1, 0.15) is 5.75 Å². The van der Waals surface area contributed by atoms with E-state index in [2.05, 4.69) is 4.98 Å². The molecule has 0 atom stereocenters. The van der Waals surface area contributed by atoms with Gasteiger partial charge in [-0.05, 0) is 12.5 Å². The SMILES string of the molecule is CCCOc1cnccc1C=O. The fourth-order valence-corrected chi connectivity index (χ4v) is 0.821. The van der Waals surface area contributed by atoms with E-state index in [0.717, 1.165) is 12.7 Å². The molecule has 1 aromatic rings. The first-order valence-electron chi connectivity index (χ1n) is 3.90. The van der Waals surface area contributed by atoms with Gasteiger partial charge in [-0.25, -0.2) is 0 Å². The molecule has 0 aliphatic carbocycles. The second-order valence-electron chi connectivity index (χ2n) is 2.38. The molecule has 3 heteroatoms. The third-order valence-corrected chi connectivity index (χ3v) is 1.41. The molecule has 0 amide bonds. The summed E-state index contributed by atoms with van der Waals surface area (Å²) in [7, 11) is 0. The number of aromatic nitrogens is 1. The van der Waals surface area contributed by atoms with E-state index in [-0.39, 0.29) is 0 Å². The Kier molecular flexibility index (Phi) is 3.26. The zero-order chi connectivity index (χ0) is 8.81. The standard InChI is InChI=1S/C9H11NO2/c1-2-5-12-9-6-10-4-3-8(9)7-11/h3-4,6-7H,2,5H2,1H3. The van der Waals surface area contributed by atoms with E-state index >= 15 is 0 Å². The van der Waals surface area contributed by atoms with E-state index < -0.39 is 0 Å². The van der Waals surface area contributed by atoms with Crippen LogP contribution in [0.1, 0.15) is 23.7 Å². The summed E-state index contributed by atoms with van der Waals surface area (Å²) in [4.78, 5) is 14.3. The van der Waals surface area contributed by atoms with E-state index in [9.17, 15) is 4.79 Å². The third-order valence-electron chi connectivity index (χ3n) is 1.41. The van der Waals surface area contributed by atoms with E-state index in [1.165, 1.54) is 0 Å². The van der Waals surface area contributed by atoms with Crippen molar-refractivity contribution in [1.29, 1.82) is 0 Å². The molecule has 0 saturated carbocycles. The summed E-state index contributed by atoms with van der Waals surface area (Å²) in [5, 5.41) is 0. The van der Waals surface area contributed by atoms with Crippen LogP contribution in [0.4, 0.5) is 0 Å². The molecular weight excluding hydrogens is 154 g/mol. The summed E-state index contributed by atoms with van der Waals surface area (Å²) in [6, 6.07) is 1.64. The number of carbonyl (C=O) groups is 1. The van der Waals surface area contributed by atoms with Gasteiger partial charge in [-0.1, -0.05) is 6.92 Å². The molecule has 0 bridgehead atoms. The Balaban J connectivity index is 2.75. The molecule has 1 heterocycles. The zero-order valence-electron chi connectivity index (χ0n) is 6.99. The average molecular weight is 165 g/mol. The number of ether oxygens (including phenoxy) is 1. The number of hydrogen-bond acceptors (Lipinski definition) is 3. The van der Waals surface area contributed by atoms with E-state index in [1.54, 1.807) is 18.5 Å². The highest BCUT2D eigenvalue weighted by Crippen LogP contribution is 2.13. The molecule has 0 aliphatic heterocycles. The van der Waals surface area contributed by atoms with Gasteiger partial charge < -0.3 is 4.74 Å². The highest BCUT2D eigenvalue weighted by molar-refractivity contribution is 5.78. The maximum atomic E-state index is 10.5. The minimum atomic E-state index is 0.554. The van der Waals surface area contributed by atoms with Crippen molar-refractivity contribution in [1.82, 2.24) is 4.98 Å².